The summed E-state index contributed by atoms with van der Waals surface area (Å²) >= 11 is -0.953. The molecule has 3 N–H and O–H groups in total. The van der Waals surface area contributed by atoms with Crippen LogP contribution in [0, 0.1) is 33.1 Å². The van der Waals surface area contributed by atoms with Gasteiger partial charge in [-0.15, -0.1) is 0 Å². The Bertz CT molecular complexity index is 3770. The summed E-state index contributed by atoms with van der Waals surface area (Å²) in [6.07, 6.45) is -0.821. The molecular weight excluding hydrogens is 1690 g/mol. The monoisotopic (exact) mass is 1770 g/mol. The molecule has 3 atom stereocenters. The van der Waals surface area contributed by atoms with Crippen LogP contribution in [-0.4, -0.2) is 54.0 Å². The molecule has 0 aliphatic carbocycles. The number of hydrogen-bond donors (Lipinski definition) is 3. The van der Waals surface area contributed by atoms with E-state index in [-0.39, 0.29) is 180 Å². The van der Waals surface area contributed by atoms with Gasteiger partial charge in [0.25, 0.3) is 0 Å². The van der Waals surface area contributed by atoms with E-state index in [4.69, 9.17) is 52.5 Å². The molecule has 11 aromatic carbocycles. The van der Waals surface area contributed by atoms with Crippen LogP contribution in [0.3, 0.4) is 0 Å². The Morgan fingerprint density at radius 1 is 0.270 bits per heavy atom. The fourth-order valence-corrected chi connectivity index (χ4v) is 14.7. The predicted octanol–water partition coefficient (Wildman–Crippen LogP) is -1.89. The second-order valence-electron chi connectivity index (χ2n) is 20.2. The van der Waals surface area contributed by atoms with Crippen molar-refractivity contribution in [3.05, 3.63) is 300 Å². The second kappa shape index (κ2) is 46.7. The first-order valence-corrected chi connectivity index (χ1v) is 37.1. The van der Waals surface area contributed by atoms with E-state index in [9.17, 15) is 19.0 Å². The van der Waals surface area contributed by atoms with Gasteiger partial charge in [0.2, 0.25) is 0 Å². The SMILES string of the molecule is CCOC(C)Oc1ccc(O)cc1.CCOC(C)Oc1ccc(Oc2ccc([I+]c3ccc(Oc4ccc(OC(C)OCC)cc4)cc3)cc2)cc1.Fc1ccc([I+]c2ccc(F)cc2)cc1.Oc1ccc(Oc2ccc([I+]c3ccc(Oc4ccc(O)cc4)cc3)cc2)cc1.[Cl-].[Cl-].[Cl-].[H-].[Na+]. The van der Waals surface area contributed by atoms with E-state index in [1.165, 1.54) is 38.5 Å². The molecule has 0 fully saturated rings. The van der Waals surface area contributed by atoms with Crippen molar-refractivity contribution in [2.75, 3.05) is 19.8 Å². The van der Waals surface area contributed by atoms with Gasteiger partial charge in [-0.1, -0.05) is 0 Å². The van der Waals surface area contributed by atoms with Gasteiger partial charge in [0, 0.05) is 19.8 Å². The Labute approximate surface area is 657 Å². The number of aromatic hydroxyl groups is 3. The van der Waals surface area contributed by atoms with E-state index < -0.39 is 0 Å². The molecule has 11 rings (SSSR count). The summed E-state index contributed by atoms with van der Waals surface area (Å²) in [7, 11) is 0. The van der Waals surface area contributed by atoms with Gasteiger partial charge in [-0.25, -0.2) is 8.78 Å². The van der Waals surface area contributed by atoms with Crippen molar-refractivity contribution in [1.29, 1.82) is 0 Å². The molecule has 3 unspecified atom stereocenters. The number of rotatable bonds is 26. The molecule has 0 bridgehead atoms. The molecule has 0 aliphatic heterocycles. The fourth-order valence-electron chi connectivity index (χ4n) is 8.28. The van der Waals surface area contributed by atoms with Crippen molar-refractivity contribution < 1.29 is 203 Å². The van der Waals surface area contributed by atoms with Crippen molar-refractivity contribution >= 4 is 0 Å². The number of ether oxygens (including phenoxy) is 10. The zero-order chi connectivity index (χ0) is 67.9. The maximum Gasteiger partial charge on any atom is 1.00 e. The van der Waals surface area contributed by atoms with Gasteiger partial charge >= 0.3 is 93.2 Å². The number of benzene rings is 11. The third-order valence-corrected chi connectivity index (χ3v) is 20.8. The minimum absolute atomic E-state index is 0. The first-order valence-electron chi connectivity index (χ1n) is 30.6. The Morgan fingerprint density at radius 2 is 0.420 bits per heavy atom. The molecule has 13 nitrogen and oxygen atoms in total. The van der Waals surface area contributed by atoms with E-state index in [1.807, 2.05) is 139 Å². The molecule has 100 heavy (non-hydrogen) atoms. The largest absolute Gasteiger partial charge is 1.00 e. The fraction of sp³-hybridized carbons (Fsp3) is 0.154. The summed E-state index contributed by atoms with van der Waals surface area (Å²) in [5, 5.41) is 27.7. The average molecular weight is 1770 g/mol. The van der Waals surface area contributed by atoms with Crippen molar-refractivity contribution in [1.82, 2.24) is 0 Å². The Balaban J connectivity index is 0.000000375. The Kier molecular flexibility index (Phi) is 40.0. The van der Waals surface area contributed by atoms with E-state index in [0.717, 1.165) is 53.1 Å². The van der Waals surface area contributed by atoms with Crippen molar-refractivity contribution in [2.24, 2.45) is 0 Å². The molecular formula is C78H75Cl3F2I3NaO13. The van der Waals surface area contributed by atoms with Gasteiger partial charge in [0.05, 0.1) is 0 Å². The predicted molar refractivity (Wildman–Crippen MR) is 355 cm³/mol. The molecule has 11 aromatic rings. The van der Waals surface area contributed by atoms with Crippen LogP contribution >= 0.6 is 0 Å². The van der Waals surface area contributed by atoms with Crippen LogP contribution in [0.15, 0.2) is 267 Å². The molecule has 522 valence electrons. The minimum Gasteiger partial charge on any atom is -1.00 e. The maximum atomic E-state index is 12.6. The van der Waals surface area contributed by atoms with Crippen molar-refractivity contribution in [3.63, 3.8) is 0 Å². The minimum atomic E-state index is -0.330. The standard InChI is InChI=1S/C32H34IO6.C24H17IO4.C12H8F2I.C10H14O3.3ClH.Na.H/c1-5-34-23(3)36-27-15-19-31(20-16-27)38-29-11-7-25(8-12-29)33-26-9-13-30(14-10-26)39-32-21-17-28(18-22-32)37-24(4)35-6-2;26-19-5-13-23(14-6-19)28-21-9-1-17(2-10-21)25-18-3-11-22(12-4-18)29-24-15-7-20(27)8-16-24;13-9-1-5-11(6-2-9)15-12-7-3-10(14)4-8-12;1-3-12-8(2)13-10-6-4-9(11)5-7-10;;;;;/h7-24H,5-6H2,1-4H3;1-16H,(H-,26,27);1-8H;4-8,11H,3H2,1-2H3;3*1H;;/q+1;;+1;;;;;+1;-1/p-2. The van der Waals surface area contributed by atoms with Crippen LogP contribution in [0.2, 0.25) is 0 Å². The third kappa shape index (κ3) is 32.0. The van der Waals surface area contributed by atoms with Crippen LogP contribution < -0.4 is 164 Å². The first kappa shape index (κ1) is 85.6. The Morgan fingerprint density at radius 3 is 0.610 bits per heavy atom. The van der Waals surface area contributed by atoms with Gasteiger partial charge in [-0.3, -0.25) is 0 Å². The summed E-state index contributed by atoms with van der Waals surface area (Å²) in [6.45, 7) is 13.2. The number of hydrogen-bond acceptors (Lipinski definition) is 13. The van der Waals surface area contributed by atoms with Crippen molar-refractivity contribution in [3.8, 4) is 80.5 Å². The summed E-state index contributed by atoms with van der Waals surface area (Å²) < 4.78 is 89.1. The molecule has 0 heterocycles. The van der Waals surface area contributed by atoms with Gasteiger partial charge in [-0.05, 0) is 308 Å². The van der Waals surface area contributed by atoms with Gasteiger partial charge in [0.1, 0.15) is 92.1 Å². The normalized spacial score (nSPS) is 11.0. The molecule has 0 aliphatic rings. The zero-order valence-electron chi connectivity index (χ0n) is 56.7. The summed E-state index contributed by atoms with van der Waals surface area (Å²) in [5.74, 6) is 8.43. The smallest absolute Gasteiger partial charge is 1.00 e. The van der Waals surface area contributed by atoms with Crippen LogP contribution in [0.1, 0.15) is 43.0 Å². The van der Waals surface area contributed by atoms with E-state index in [1.54, 1.807) is 97.1 Å². The summed E-state index contributed by atoms with van der Waals surface area (Å²) in [4.78, 5) is 0. The second-order valence-corrected chi connectivity index (χ2v) is 29.3. The van der Waals surface area contributed by atoms with Crippen LogP contribution in [0.25, 0.3) is 0 Å². The molecule has 0 radical (unpaired) electrons. The zero-order valence-corrected chi connectivity index (χ0v) is 66.4. The molecule has 0 saturated heterocycles. The molecule has 0 aromatic heterocycles. The average Bonchev–Trinajstić information content (AvgIpc) is 0.884. The van der Waals surface area contributed by atoms with Gasteiger partial charge in [0.15, 0.2) is 40.3 Å². The van der Waals surface area contributed by atoms with Gasteiger partial charge < -0.3 is 101 Å². The molecule has 0 spiro atoms. The summed E-state index contributed by atoms with van der Waals surface area (Å²) in [6, 6.07) is 80.7. The van der Waals surface area contributed by atoms with Crippen LogP contribution in [0.5, 0.6) is 80.5 Å². The summed E-state index contributed by atoms with van der Waals surface area (Å²) in [5.41, 5.74) is 0. The van der Waals surface area contributed by atoms with E-state index >= 15 is 0 Å². The molecule has 0 saturated carbocycles. The van der Waals surface area contributed by atoms with Crippen LogP contribution in [-0.2, 0) is 14.2 Å². The topological polar surface area (TPSA) is 153 Å². The maximum absolute atomic E-state index is 12.6. The van der Waals surface area contributed by atoms with E-state index in [2.05, 4.69) is 48.5 Å². The third-order valence-electron chi connectivity index (χ3n) is 12.7. The van der Waals surface area contributed by atoms with Gasteiger partial charge in [-0.2, -0.15) is 0 Å². The quantitative estimate of drug-likeness (QED) is 0.0316. The number of halogens is 8. The first-order chi connectivity index (χ1) is 46.6. The molecule has 0 amide bonds. The Hall–Kier alpha value is -6.78. The van der Waals surface area contributed by atoms with E-state index in [0.29, 0.717) is 37.1 Å². The molecule has 22 heteroatoms. The number of phenols is 3. The van der Waals surface area contributed by atoms with Crippen LogP contribution in [0.4, 0.5) is 8.78 Å². The number of phenolic OH excluding ortho intramolecular Hbond substituents is 3. The van der Waals surface area contributed by atoms with Crippen molar-refractivity contribution in [2.45, 2.75) is 60.4 Å².